The van der Waals surface area contributed by atoms with Crippen LogP contribution in [0.3, 0.4) is 0 Å². The predicted octanol–water partition coefficient (Wildman–Crippen LogP) is 1.22. The molecule has 0 atom stereocenters. The molecule has 11 heteroatoms. The van der Waals surface area contributed by atoms with Gasteiger partial charge in [0.2, 0.25) is 0 Å². The van der Waals surface area contributed by atoms with Crippen LogP contribution in [-0.4, -0.2) is 29.4 Å². The molecule has 18 heavy (non-hydrogen) atoms. The Labute approximate surface area is 132 Å². The Kier molecular flexibility index (Phi) is 37.2. The third-order valence-electron chi connectivity index (χ3n) is 0.604. The van der Waals surface area contributed by atoms with Crippen molar-refractivity contribution in [3.8, 4) is 0 Å². The van der Waals surface area contributed by atoms with Crippen molar-refractivity contribution in [2.75, 3.05) is 0 Å². The zero-order valence-corrected chi connectivity index (χ0v) is 17.0. The number of rotatable bonds is 2. The van der Waals surface area contributed by atoms with Gasteiger partial charge in [-0.05, 0) is 23.6 Å². The van der Waals surface area contributed by atoms with Crippen molar-refractivity contribution in [3.63, 3.8) is 0 Å². The predicted molar refractivity (Wildman–Crippen MR) is 77.8 cm³/mol. The molecule has 0 aromatic carbocycles. The molecule has 0 radical (unpaired) electrons. The van der Waals surface area contributed by atoms with Crippen LogP contribution in [-0.2, 0) is 43.1 Å². The molecular weight excluding hydrogens is 372 g/mol. The van der Waals surface area contributed by atoms with Gasteiger partial charge in [-0.1, -0.05) is 19.8 Å². The van der Waals surface area contributed by atoms with Gasteiger partial charge in [-0.25, -0.2) is 0 Å². The van der Waals surface area contributed by atoms with E-state index in [0.717, 1.165) is 6.42 Å². The normalized spacial score (nSPS) is 9.22. The van der Waals surface area contributed by atoms with Gasteiger partial charge in [0, 0.05) is 0 Å². The fourth-order valence-electron chi connectivity index (χ4n) is 0.250. The van der Waals surface area contributed by atoms with E-state index in [1.807, 2.05) is 0 Å². The summed E-state index contributed by atoms with van der Waals surface area (Å²) in [4.78, 5) is 45.3. The van der Waals surface area contributed by atoms with Crippen molar-refractivity contribution >= 4 is 37.1 Å². The van der Waals surface area contributed by atoms with E-state index < -0.39 is 13.4 Å². The van der Waals surface area contributed by atoms with Crippen LogP contribution in [0.15, 0.2) is 0 Å². The van der Waals surface area contributed by atoms with Crippen LogP contribution in [0.4, 0.5) is 0 Å². The smallest absolute Gasteiger partial charge is 0.346 e. The first kappa shape index (κ1) is 31.9. The molecule has 0 spiro atoms. The van der Waals surface area contributed by atoms with E-state index in [1.54, 1.807) is 6.92 Å². The minimum Gasteiger partial charge on any atom is -0.346 e. The van der Waals surface area contributed by atoms with Crippen molar-refractivity contribution in [1.82, 2.24) is 0 Å². The molecule has 0 heterocycles. The van der Waals surface area contributed by atoms with E-state index in [1.165, 1.54) is 12.8 Å². The molecule has 0 bridgehead atoms. The first-order valence-corrected chi connectivity index (χ1v) is 9.80. The Bertz CT molecular complexity index is 181. The molecule has 0 fully saturated rings. The van der Waals surface area contributed by atoms with Gasteiger partial charge in [0.15, 0.2) is 0 Å². The minimum atomic E-state index is -3.81. The largest absolute Gasteiger partial charge is 2.00 e. The summed E-state index contributed by atoms with van der Waals surface area (Å²) in [6.07, 6.45) is 3.65. The van der Waals surface area contributed by atoms with E-state index in [9.17, 15) is 0 Å². The summed E-state index contributed by atoms with van der Waals surface area (Å²) < 4.78 is 0. The summed E-state index contributed by atoms with van der Waals surface area (Å²) in [6.45, 7) is 3.24. The van der Waals surface area contributed by atoms with Crippen LogP contribution in [0.5, 0.6) is 0 Å². The van der Waals surface area contributed by atoms with Gasteiger partial charge in [0.05, 0.1) is 0 Å². The third kappa shape index (κ3) is 363. The quantitative estimate of drug-likeness (QED) is 0.235. The van der Waals surface area contributed by atoms with Gasteiger partial charge in [0.25, 0.3) is 0 Å². The average molecular weight is 394 g/mol. The van der Waals surface area contributed by atoms with Gasteiger partial charge in [-0.3, -0.25) is 0 Å². The monoisotopic (exact) mass is 392 g/mol. The summed E-state index contributed by atoms with van der Waals surface area (Å²) in [5.41, 5.74) is 0. The molecule has 110 valence electrons. The first-order chi connectivity index (χ1) is 7.41. The van der Waals surface area contributed by atoms with Crippen LogP contribution in [0.25, 0.3) is 0 Å². The Hall–Kier alpha value is 1.68. The Balaban J connectivity index is -0.0000000427. The Morgan fingerprint density at radius 1 is 0.889 bits per heavy atom. The molecular formula is C7H22O6P2S2Zn. The Morgan fingerprint density at radius 3 is 1.06 bits per heavy atom. The van der Waals surface area contributed by atoms with Gasteiger partial charge in [-0.2, -0.15) is 13.3 Å². The second kappa shape index (κ2) is 21.0. The SMILES string of the molecule is OP(O)(O)=S.OP(O)(O)=S.[CH2-]C.[CH2-]CCCC.[Zn+2]. The van der Waals surface area contributed by atoms with E-state index in [-0.39, 0.29) is 19.5 Å². The average Bonchev–Trinajstić information content (AvgIpc) is 2.03. The minimum absolute atomic E-state index is 0. The van der Waals surface area contributed by atoms with Gasteiger partial charge in [0.1, 0.15) is 0 Å². The fraction of sp³-hybridized carbons (Fsp3) is 0.714. The van der Waals surface area contributed by atoms with Crippen LogP contribution in [0.2, 0.25) is 0 Å². The molecule has 0 saturated heterocycles. The standard InChI is InChI=1S/C5H11.C2H5.2H3O3PS.Zn/c1-3-5-4-2;1-2;2*1-4(2,3)5;/h1,3-5H2,2H3;1H2,2H3;2*(H3,1,2,3,5);/q2*-1;;;+2. The third-order valence-corrected chi connectivity index (χ3v) is 0.604. The summed E-state index contributed by atoms with van der Waals surface area (Å²) in [5.74, 6) is 0. The molecule has 0 amide bonds. The number of hydrogen-bond donors (Lipinski definition) is 6. The molecule has 0 saturated carbocycles. The summed E-state index contributed by atoms with van der Waals surface area (Å²) in [5, 5.41) is 0. The van der Waals surface area contributed by atoms with Crippen LogP contribution < -0.4 is 0 Å². The molecule has 0 aliphatic rings. The molecule has 0 aliphatic heterocycles. The van der Waals surface area contributed by atoms with E-state index in [0.29, 0.717) is 0 Å². The van der Waals surface area contributed by atoms with Gasteiger partial charge < -0.3 is 43.2 Å². The zero-order valence-electron chi connectivity index (χ0n) is 10.6. The maximum atomic E-state index is 7.56. The van der Waals surface area contributed by atoms with E-state index >= 15 is 0 Å². The summed E-state index contributed by atoms with van der Waals surface area (Å²) in [6, 6.07) is 0. The topological polar surface area (TPSA) is 121 Å². The van der Waals surface area contributed by atoms with Crippen molar-refractivity contribution in [2.45, 2.75) is 33.1 Å². The maximum absolute atomic E-state index is 7.56. The number of hydrogen-bond acceptors (Lipinski definition) is 2. The second-order valence-corrected chi connectivity index (χ2v) is 7.23. The first-order valence-electron chi connectivity index (χ1n) is 4.48. The maximum Gasteiger partial charge on any atom is 2.00 e. The van der Waals surface area contributed by atoms with Gasteiger partial charge in [-0.15, -0.1) is 0 Å². The zero-order chi connectivity index (χ0) is 15.1. The molecule has 0 aromatic rings. The number of unbranched alkanes of at least 4 members (excludes halogenated alkanes) is 2. The van der Waals surface area contributed by atoms with Crippen molar-refractivity contribution in [2.24, 2.45) is 0 Å². The van der Waals surface area contributed by atoms with Crippen LogP contribution >= 0.6 is 13.4 Å². The van der Waals surface area contributed by atoms with Crippen molar-refractivity contribution in [1.29, 1.82) is 0 Å². The van der Waals surface area contributed by atoms with Crippen molar-refractivity contribution in [3.05, 3.63) is 13.8 Å². The van der Waals surface area contributed by atoms with Crippen LogP contribution in [0.1, 0.15) is 33.1 Å². The molecule has 6 N–H and O–H groups in total. The molecule has 6 nitrogen and oxygen atoms in total. The molecule has 0 aliphatic carbocycles. The molecule has 0 rings (SSSR count). The summed E-state index contributed by atoms with van der Waals surface area (Å²) >= 11 is 7.21. The van der Waals surface area contributed by atoms with Crippen molar-refractivity contribution < 1.29 is 48.8 Å². The second-order valence-electron chi connectivity index (χ2n) is 2.23. The summed E-state index contributed by atoms with van der Waals surface area (Å²) in [7, 11) is 0. The van der Waals surface area contributed by atoms with Gasteiger partial charge >= 0.3 is 32.9 Å². The van der Waals surface area contributed by atoms with E-state index in [4.69, 9.17) is 29.4 Å². The molecule has 0 aromatic heterocycles. The fourth-order valence-corrected chi connectivity index (χ4v) is 0.250. The Morgan fingerprint density at radius 2 is 1.06 bits per heavy atom. The molecule has 0 unspecified atom stereocenters. The van der Waals surface area contributed by atoms with Crippen LogP contribution in [0, 0.1) is 13.8 Å². The van der Waals surface area contributed by atoms with E-state index in [2.05, 4.69) is 44.4 Å².